The Morgan fingerprint density at radius 3 is 2.76 bits per heavy atom. The number of methoxy groups -OCH3 is 1. The number of nitrogen functional groups attached to an aromatic ring is 1. The molecule has 0 bridgehead atoms. The number of sulfone groups is 1. The zero-order valence-electron chi connectivity index (χ0n) is 11.3. The SMILES string of the molecule is COc1cc(N)ccc1S(=O)(=O)Cc1ccnc(C#N)c1. The van der Waals surface area contributed by atoms with Crippen molar-refractivity contribution in [2.45, 2.75) is 10.6 Å². The molecule has 1 heterocycles. The van der Waals surface area contributed by atoms with Crippen molar-refractivity contribution in [3.8, 4) is 11.8 Å². The molecule has 0 radical (unpaired) electrons. The highest BCUT2D eigenvalue weighted by atomic mass is 32.2. The highest BCUT2D eigenvalue weighted by Gasteiger charge is 2.20. The quantitative estimate of drug-likeness (QED) is 0.858. The average Bonchev–Trinajstić information content (AvgIpc) is 2.46. The van der Waals surface area contributed by atoms with Gasteiger partial charge in [-0.3, -0.25) is 0 Å². The first-order valence-electron chi connectivity index (χ1n) is 5.97. The molecular formula is C14H13N3O3S. The number of benzene rings is 1. The number of nitrogens with zero attached hydrogens (tertiary/aromatic N) is 2. The van der Waals surface area contributed by atoms with Crippen molar-refractivity contribution >= 4 is 15.5 Å². The minimum absolute atomic E-state index is 0.0644. The topological polar surface area (TPSA) is 106 Å². The van der Waals surface area contributed by atoms with E-state index < -0.39 is 9.84 Å². The van der Waals surface area contributed by atoms with Gasteiger partial charge in [0.2, 0.25) is 0 Å². The predicted octanol–water partition coefficient (Wildman–Crippen LogP) is 1.52. The number of ether oxygens (including phenoxy) is 1. The molecule has 2 N–H and O–H groups in total. The van der Waals surface area contributed by atoms with E-state index in [1.165, 1.54) is 37.6 Å². The number of nitrogens with two attached hydrogens (primary N) is 1. The molecule has 1 aromatic carbocycles. The van der Waals surface area contributed by atoms with Gasteiger partial charge in [-0.25, -0.2) is 13.4 Å². The molecular weight excluding hydrogens is 290 g/mol. The number of pyridine rings is 1. The normalized spacial score (nSPS) is 10.9. The van der Waals surface area contributed by atoms with Gasteiger partial charge in [0.1, 0.15) is 22.4 Å². The third kappa shape index (κ3) is 3.30. The predicted molar refractivity (Wildman–Crippen MR) is 77.2 cm³/mol. The Morgan fingerprint density at radius 1 is 1.33 bits per heavy atom. The van der Waals surface area contributed by atoms with Crippen LogP contribution in [0.5, 0.6) is 5.75 Å². The Labute approximate surface area is 122 Å². The number of aromatic nitrogens is 1. The molecule has 0 fully saturated rings. The van der Waals surface area contributed by atoms with Crippen LogP contribution in [0, 0.1) is 11.3 Å². The summed E-state index contributed by atoms with van der Waals surface area (Å²) >= 11 is 0. The van der Waals surface area contributed by atoms with E-state index in [2.05, 4.69) is 4.98 Å². The van der Waals surface area contributed by atoms with E-state index >= 15 is 0 Å². The Hall–Kier alpha value is -2.59. The second-order valence-corrected chi connectivity index (χ2v) is 6.29. The minimum Gasteiger partial charge on any atom is -0.495 e. The molecule has 0 saturated carbocycles. The highest BCUT2D eigenvalue weighted by molar-refractivity contribution is 7.90. The fourth-order valence-electron chi connectivity index (χ4n) is 1.86. The lowest BCUT2D eigenvalue weighted by molar-refractivity contribution is 0.403. The zero-order valence-corrected chi connectivity index (χ0v) is 12.1. The molecule has 2 rings (SSSR count). The summed E-state index contributed by atoms with van der Waals surface area (Å²) in [5.74, 6) is -0.0469. The standard InChI is InChI=1S/C14H13N3O3S/c1-20-13-7-11(16)2-3-14(13)21(18,19)9-10-4-5-17-12(6-10)8-15/h2-7H,9,16H2,1H3. The van der Waals surface area contributed by atoms with Gasteiger partial charge in [0.05, 0.1) is 12.9 Å². The van der Waals surface area contributed by atoms with Crippen LogP contribution in [-0.2, 0) is 15.6 Å². The van der Waals surface area contributed by atoms with Crippen LogP contribution >= 0.6 is 0 Å². The second-order valence-electron chi connectivity index (χ2n) is 4.33. The van der Waals surface area contributed by atoms with Gasteiger partial charge in [-0.05, 0) is 29.8 Å². The smallest absolute Gasteiger partial charge is 0.186 e. The molecule has 7 heteroatoms. The number of anilines is 1. The fourth-order valence-corrected chi connectivity index (χ4v) is 3.36. The van der Waals surface area contributed by atoms with Gasteiger partial charge in [-0.15, -0.1) is 0 Å². The Kier molecular flexibility index (Phi) is 4.10. The van der Waals surface area contributed by atoms with Crippen LogP contribution in [0.15, 0.2) is 41.4 Å². The summed E-state index contributed by atoms with van der Waals surface area (Å²) in [7, 11) is -2.23. The Bertz CT molecular complexity index is 810. The Morgan fingerprint density at radius 2 is 2.10 bits per heavy atom. The molecule has 0 saturated heterocycles. The summed E-state index contributed by atoms with van der Waals surface area (Å²) < 4.78 is 30.0. The molecule has 0 aliphatic rings. The molecule has 0 atom stereocenters. The van der Waals surface area contributed by atoms with Crippen molar-refractivity contribution in [1.82, 2.24) is 4.98 Å². The van der Waals surface area contributed by atoms with E-state index in [0.29, 0.717) is 11.3 Å². The molecule has 6 nitrogen and oxygen atoms in total. The maximum absolute atomic E-state index is 12.5. The summed E-state index contributed by atoms with van der Waals surface area (Å²) in [6.45, 7) is 0. The molecule has 0 amide bonds. The molecule has 0 aliphatic heterocycles. The third-order valence-corrected chi connectivity index (χ3v) is 4.54. The van der Waals surface area contributed by atoms with E-state index in [4.69, 9.17) is 15.7 Å². The number of hydrogen-bond donors (Lipinski definition) is 1. The number of hydrogen-bond acceptors (Lipinski definition) is 6. The molecule has 0 aliphatic carbocycles. The van der Waals surface area contributed by atoms with E-state index in [9.17, 15) is 8.42 Å². The summed E-state index contributed by atoms with van der Waals surface area (Å²) in [6, 6.07) is 9.25. The van der Waals surface area contributed by atoms with E-state index in [0.717, 1.165) is 0 Å². The van der Waals surface area contributed by atoms with Crippen molar-refractivity contribution in [2.75, 3.05) is 12.8 Å². The second kappa shape index (κ2) is 5.81. The van der Waals surface area contributed by atoms with Gasteiger partial charge < -0.3 is 10.5 Å². The average molecular weight is 303 g/mol. The van der Waals surface area contributed by atoms with E-state index in [1.54, 1.807) is 6.07 Å². The lowest BCUT2D eigenvalue weighted by atomic mass is 10.2. The van der Waals surface area contributed by atoms with Crippen molar-refractivity contribution in [2.24, 2.45) is 0 Å². The first-order chi connectivity index (χ1) is 9.96. The lowest BCUT2D eigenvalue weighted by Gasteiger charge is -2.10. The van der Waals surface area contributed by atoms with Gasteiger partial charge in [-0.1, -0.05) is 0 Å². The van der Waals surface area contributed by atoms with Crippen molar-refractivity contribution in [3.05, 3.63) is 47.8 Å². The summed E-state index contributed by atoms with van der Waals surface area (Å²) in [4.78, 5) is 3.87. The Balaban J connectivity index is 2.41. The monoisotopic (exact) mass is 303 g/mol. The van der Waals surface area contributed by atoms with Crippen LogP contribution < -0.4 is 10.5 Å². The van der Waals surface area contributed by atoms with Crippen molar-refractivity contribution in [3.63, 3.8) is 0 Å². The minimum atomic E-state index is -3.62. The number of nitriles is 1. The largest absolute Gasteiger partial charge is 0.495 e. The third-order valence-electron chi connectivity index (χ3n) is 2.82. The highest BCUT2D eigenvalue weighted by Crippen LogP contribution is 2.28. The van der Waals surface area contributed by atoms with Gasteiger partial charge in [0, 0.05) is 18.0 Å². The lowest BCUT2D eigenvalue weighted by Crippen LogP contribution is -2.07. The van der Waals surface area contributed by atoms with Gasteiger partial charge in [0.25, 0.3) is 0 Å². The molecule has 0 unspecified atom stereocenters. The first kappa shape index (κ1) is 14.8. The summed E-state index contributed by atoms with van der Waals surface area (Å²) in [5, 5.41) is 8.79. The van der Waals surface area contributed by atoms with Crippen molar-refractivity contribution < 1.29 is 13.2 Å². The van der Waals surface area contributed by atoms with Gasteiger partial charge >= 0.3 is 0 Å². The maximum atomic E-state index is 12.5. The fraction of sp³-hybridized carbons (Fsp3) is 0.143. The van der Waals surface area contributed by atoms with Crippen LogP contribution in [0.25, 0.3) is 0 Å². The molecule has 108 valence electrons. The molecule has 21 heavy (non-hydrogen) atoms. The summed E-state index contributed by atoms with van der Waals surface area (Å²) in [5.41, 5.74) is 6.70. The van der Waals surface area contributed by atoms with Crippen molar-refractivity contribution in [1.29, 1.82) is 5.26 Å². The molecule has 0 spiro atoms. The molecule has 2 aromatic rings. The van der Waals surface area contributed by atoms with Crippen LogP contribution in [0.3, 0.4) is 0 Å². The van der Waals surface area contributed by atoms with E-state index in [-0.39, 0.29) is 22.1 Å². The van der Waals surface area contributed by atoms with Crippen LogP contribution in [-0.4, -0.2) is 20.5 Å². The van der Waals surface area contributed by atoms with Gasteiger partial charge in [0.15, 0.2) is 9.84 Å². The summed E-state index contributed by atoms with van der Waals surface area (Å²) in [6.07, 6.45) is 1.41. The zero-order chi connectivity index (χ0) is 15.5. The first-order valence-corrected chi connectivity index (χ1v) is 7.63. The van der Waals surface area contributed by atoms with Crippen LogP contribution in [0.1, 0.15) is 11.3 Å². The number of rotatable bonds is 4. The van der Waals surface area contributed by atoms with Crippen LogP contribution in [0.4, 0.5) is 5.69 Å². The van der Waals surface area contributed by atoms with Gasteiger partial charge in [-0.2, -0.15) is 5.26 Å². The van der Waals surface area contributed by atoms with E-state index in [1.807, 2.05) is 6.07 Å². The maximum Gasteiger partial charge on any atom is 0.186 e. The van der Waals surface area contributed by atoms with Crippen LogP contribution in [0.2, 0.25) is 0 Å². The molecule has 1 aromatic heterocycles.